The van der Waals surface area contributed by atoms with Crippen LogP contribution in [0.25, 0.3) is 5.65 Å². The van der Waals surface area contributed by atoms with Crippen molar-refractivity contribution in [1.29, 1.82) is 0 Å². The Bertz CT molecular complexity index is 619. The van der Waals surface area contributed by atoms with Crippen molar-refractivity contribution < 1.29 is 4.79 Å². The normalized spacial score (nSPS) is 26.1. The zero-order chi connectivity index (χ0) is 12.1. The van der Waals surface area contributed by atoms with Crippen LogP contribution < -0.4 is 4.90 Å². The van der Waals surface area contributed by atoms with E-state index >= 15 is 0 Å². The fourth-order valence-electron chi connectivity index (χ4n) is 3.51. The summed E-state index contributed by atoms with van der Waals surface area (Å²) in [6.45, 7) is 1.06. The van der Waals surface area contributed by atoms with Gasteiger partial charge in [-0.15, -0.1) is 0 Å². The Labute approximate surface area is 105 Å². The Kier molecular flexibility index (Phi) is 2.01. The molecule has 18 heavy (non-hydrogen) atoms. The highest BCUT2D eigenvalue weighted by Crippen LogP contribution is 2.40. The second-order valence-corrected chi connectivity index (χ2v) is 5.35. The zero-order valence-corrected chi connectivity index (χ0v) is 10.1. The summed E-state index contributed by atoms with van der Waals surface area (Å²) >= 11 is 0. The first kappa shape index (κ1) is 10.1. The lowest BCUT2D eigenvalue weighted by Crippen LogP contribution is -2.32. The molecule has 0 spiro atoms. The van der Waals surface area contributed by atoms with Crippen LogP contribution in [0.4, 0.5) is 5.82 Å². The van der Waals surface area contributed by atoms with Crippen molar-refractivity contribution >= 4 is 17.8 Å². The van der Waals surface area contributed by atoms with Gasteiger partial charge in [-0.25, -0.2) is 4.98 Å². The van der Waals surface area contributed by atoms with Gasteiger partial charge in [-0.1, -0.05) is 6.07 Å². The summed E-state index contributed by atoms with van der Waals surface area (Å²) in [4.78, 5) is 18.4. The van der Waals surface area contributed by atoms with E-state index in [1.54, 1.807) is 0 Å². The molecular formula is C14H15N3O. The number of anilines is 1. The number of carbonyl (C=O) groups is 1. The number of hydrogen-bond donors (Lipinski definition) is 0. The molecule has 92 valence electrons. The molecule has 2 aromatic rings. The van der Waals surface area contributed by atoms with Crippen molar-refractivity contribution in [3.05, 3.63) is 30.1 Å². The summed E-state index contributed by atoms with van der Waals surface area (Å²) in [6.07, 6.45) is 6.69. The van der Waals surface area contributed by atoms with Crippen LogP contribution in [0.15, 0.2) is 24.4 Å². The maximum absolute atomic E-state index is 11.4. The van der Waals surface area contributed by atoms with Crippen LogP contribution in [0.3, 0.4) is 0 Å². The number of fused-ring (bicyclic) bond motifs is 3. The second-order valence-electron chi connectivity index (χ2n) is 5.35. The van der Waals surface area contributed by atoms with Crippen molar-refractivity contribution in [2.45, 2.75) is 25.3 Å². The lowest BCUT2D eigenvalue weighted by Gasteiger charge is -2.27. The minimum Gasteiger partial charge on any atom is -0.351 e. The largest absolute Gasteiger partial charge is 0.351 e. The van der Waals surface area contributed by atoms with Crippen LogP contribution in [0.5, 0.6) is 0 Å². The number of aromatic nitrogens is 2. The van der Waals surface area contributed by atoms with Gasteiger partial charge in [0.2, 0.25) is 0 Å². The molecule has 2 fully saturated rings. The Balaban J connectivity index is 1.87. The van der Waals surface area contributed by atoms with Gasteiger partial charge in [0, 0.05) is 18.8 Å². The lowest BCUT2D eigenvalue weighted by atomic mass is 10.1. The monoisotopic (exact) mass is 241 g/mol. The summed E-state index contributed by atoms with van der Waals surface area (Å²) in [7, 11) is 0. The molecule has 0 N–H and O–H groups in total. The van der Waals surface area contributed by atoms with E-state index in [1.807, 2.05) is 28.8 Å². The standard InChI is InChI=1S/C14H15N3O/c18-9-12-14(15-13-3-1-2-6-16(12)13)17-8-10-4-5-11(17)7-10/h1-3,6,9-11H,4-5,7-8H2. The van der Waals surface area contributed by atoms with Gasteiger partial charge in [-0.05, 0) is 37.3 Å². The van der Waals surface area contributed by atoms with Crippen molar-refractivity contribution in [3.8, 4) is 0 Å². The topological polar surface area (TPSA) is 37.6 Å². The number of nitrogens with zero attached hydrogens (tertiary/aromatic N) is 3. The molecule has 3 heterocycles. The van der Waals surface area contributed by atoms with Gasteiger partial charge in [0.1, 0.15) is 11.3 Å². The van der Waals surface area contributed by atoms with Gasteiger partial charge in [0.15, 0.2) is 12.1 Å². The predicted molar refractivity (Wildman–Crippen MR) is 69.1 cm³/mol. The smallest absolute Gasteiger partial charge is 0.170 e. The highest BCUT2D eigenvalue weighted by atomic mass is 16.1. The number of rotatable bonds is 2. The highest BCUT2D eigenvalue weighted by Gasteiger charge is 2.39. The third kappa shape index (κ3) is 1.26. The van der Waals surface area contributed by atoms with E-state index in [2.05, 4.69) is 9.88 Å². The molecule has 1 aliphatic heterocycles. The van der Waals surface area contributed by atoms with E-state index in [-0.39, 0.29) is 0 Å². The van der Waals surface area contributed by atoms with Crippen LogP contribution in [-0.4, -0.2) is 28.3 Å². The number of pyridine rings is 1. The zero-order valence-electron chi connectivity index (χ0n) is 10.1. The minimum atomic E-state index is 0.596. The summed E-state index contributed by atoms with van der Waals surface area (Å²) in [5, 5.41) is 0. The van der Waals surface area contributed by atoms with Crippen LogP contribution >= 0.6 is 0 Å². The molecule has 4 heteroatoms. The summed E-state index contributed by atoms with van der Waals surface area (Å²) in [5.41, 5.74) is 1.55. The molecule has 1 saturated carbocycles. The lowest BCUT2D eigenvalue weighted by molar-refractivity contribution is 0.111. The molecule has 0 radical (unpaired) electrons. The maximum atomic E-state index is 11.4. The maximum Gasteiger partial charge on any atom is 0.170 e. The first-order valence-electron chi connectivity index (χ1n) is 6.55. The molecule has 1 aliphatic carbocycles. The van der Waals surface area contributed by atoms with Gasteiger partial charge in [-0.2, -0.15) is 0 Å². The number of hydrogen-bond acceptors (Lipinski definition) is 3. The van der Waals surface area contributed by atoms with Gasteiger partial charge >= 0.3 is 0 Å². The van der Waals surface area contributed by atoms with E-state index < -0.39 is 0 Å². The van der Waals surface area contributed by atoms with Crippen molar-refractivity contribution in [1.82, 2.24) is 9.38 Å². The molecule has 1 saturated heterocycles. The third-order valence-corrected chi connectivity index (χ3v) is 4.34. The molecule has 2 aromatic heterocycles. The SMILES string of the molecule is O=Cc1c(N2CC3CCC2C3)nc2ccccn12. The summed E-state index contributed by atoms with van der Waals surface area (Å²) < 4.78 is 1.88. The minimum absolute atomic E-state index is 0.596. The fraction of sp³-hybridized carbons (Fsp3) is 0.429. The molecule has 2 unspecified atom stereocenters. The average molecular weight is 241 g/mol. The van der Waals surface area contributed by atoms with E-state index in [1.165, 1.54) is 19.3 Å². The van der Waals surface area contributed by atoms with E-state index in [4.69, 9.17) is 0 Å². The molecule has 2 atom stereocenters. The fourth-order valence-corrected chi connectivity index (χ4v) is 3.51. The third-order valence-electron chi connectivity index (χ3n) is 4.34. The first-order chi connectivity index (χ1) is 8.86. The Morgan fingerprint density at radius 3 is 3.00 bits per heavy atom. The van der Waals surface area contributed by atoms with Crippen molar-refractivity contribution in [3.63, 3.8) is 0 Å². The van der Waals surface area contributed by atoms with E-state index in [0.29, 0.717) is 11.7 Å². The van der Waals surface area contributed by atoms with Crippen molar-refractivity contribution in [2.75, 3.05) is 11.4 Å². The van der Waals surface area contributed by atoms with Crippen LogP contribution in [-0.2, 0) is 0 Å². The Morgan fingerprint density at radius 2 is 2.28 bits per heavy atom. The van der Waals surface area contributed by atoms with E-state index in [0.717, 1.165) is 30.2 Å². The van der Waals surface area contributed by atoms with Gasteiger partial charge in [0.05, 0.1) is 0 Å². The number of carbonyl (C=O) groups excluding carboxylic acids is 1. The quantitative estimate of drug-likeness (QED) is 0.756. The summed E-state index contributed by atoms with van der Waals surface area (Å²) in [5.74, 6) is 1.68. The van der Waals surface area contributed by atoms with Gasteiger partial charge in [-0.3, -0.25) is 9.20 Å². The molecule has 2 aliphatic rings. The van der Waals surface area contributed by atoms with Crippen LogP contribution in [0.1, 0.15) is 29.8 Å². The molecular weight excluding hydrogens is 226 g/mol. The molecule has 2 bridgehead atoms. The Hall–Kier alpha value is -1.84. The number of piperidine rings is 1. The molecule has 4 rings (SSSR count). The van der Waals surface area contributed by atoms with Gasteiger partial charge < -0.3 is 4.90 Å². The summed E-state index contributed by atoms with van der Waals surface area (Å²) in [6, 6.07) is 6.43. The van der Waals surface area contributed by atoms with Gasteiger partial charge in [0.25, 0.3) is 0 Å². The molecule has 0 amide bonds. The first-order valence-corrected chi connectivity index (χ1v) is 6.55. The molecule has 0 aromatic carbocycles. The Morgan fingerprint density at radius 1 is 1.33 bits per heavy atom. The average Bonchev–Trinajstić information content (AvgIpc) is 3.10. The number of aldehydes is 1. The highest BCUT2D eigenvalue weighted by molar-refractivity contribution is 5.83. The van der Waals surface area contributed by atoms with Crippen LogP contribution in [0.2, 0.25) is 0 Å². The van der Waals surface area contributed by atoms with Crippen LogP contribution in [0, 0.1) is 5.92 Å². The second kappa shape index (κ2) is 3.57. The van der Waals surface area contributed by atoms with Crippen molar-refractivity contribution in [2.24, 2.45) is 5.92 Å². The molecule has 4 nitrogen and oxygen atoms in total. The predicted octanol–water partition coefficient (Wildman–Crippen LogP) is 2.14. The number of imidazole rings is 1. The van der Waals surface area contributed by atoms with E-state index in [9.17, 15) is 4.79 Å².